The molecule has 0 saturated heterocycles. The fourth-order valence-electron chi connectivity index (χ4n) is 10.2. The largest absolute Gasteiger partial charge is 0.496 e. The van der Waals surface area contributed by atoms with Crippen molar-refractivity contribution in [2.75, 3.05) is 64.0 Å². The van der Waals surface area contributed by atoms with E-state index in [0.29, 0.717) is 164 Å². The molecular weight excluding hydrogens is 1040 g/mol. The minimum atomic E-state index is 0.465. The molecule has 3 aromatic heterocycles. The third kappa shape index (κ3) is 10.1. The summed E-state index contributed by atoms with van der Waals surface area (Å²) in [5.41, 5.74) is 11.9. The van der Waals surface area contributed by atoms with Crippen molar-refractivity contribution in [2.24, 2.45) is 20.5 Å². The number of hydrogen-bond donors (Lipinski definition) is 2. The molecule has 17 heteroatoms. The van der Waals surface area contributed by atoms with Crippen molar-refractivity contribution in [2.45, 2.75) is 0 Å². The van der Waals surface area contributed by atoms with Gasteiger partial charge in [-0.05, 0) is 85.0 Å². The van der Waals surface area contributed by atoms with Crippen molar-refractivity contribution in [1.82, 2.24) is 19.9 Å². The molecular formula is C65H56N8O9. The van der Waals surface area contributed by atoms with Crippen molar-refractivity contribution < 1.29 is 42.6 Å². The fraction of sp³-hybridized carbons (Fsp3) is 0.138. The molecule has 5 heterocycles. The van der Waals surface area contributed by atoms with Crippen molar-refractivity contribution in [1.29, 1.82) is 0 Å². The zero-order chi connectivity index (χ0) is 56.9. The summed E-state index contributed by atoms with van der Waals surface area (Å²) in [5, 5.41) is 19.4. The van der Waals surface area contributed by atoms with E-state index in [-0.39, 0.29) is 0 Å². The molecule has 0 spiro atoms. The first-order chi connectivity index (χ1) is 40.2. The molecule has 0 unspecified atom stereocenters. The fourth-order valence-corrected chi connectivity index (χ4v) is 10.2. The molecule has 17 nitrogen and oxygen atoms in total. The normalized spacial score (nSPS) is 11.8. The average Bonchev–Trinajstić information content (AvgIpc) is 4.50. The zero-order valence-corrected chi connectivity index (χ0v) is 46.4. The molecule has 2 aliphatic rings. The quantitative estimate of drug-likeness (QED) is 0.0825. The summed E-state index contributed by atoms with van der Waals surface area (Å²) < 4.78 is 54.5. The predicted molar refractivity (Wildman–Crippen MR) is 321 cm³/mol. The second kappa shape index (κ2) is 23.3. The van der Waals surface area contributed by atoms with Gasteiger partial charge in [0, 0.05) is 86.3 Å². The number of nitrogens with one attached hydrogen (secondary N) is 2. The molecule has 0 aliphatic carbocycles. The summed E-state index contributed by atoms with van der Waals surface area (Å²) in [7, 11) is 14.4. The molecule has 0 saturated carbocycles. The van der Waals surface area contributed by atoms with Crippen LogP contribution in [0.25, 0.3) is 90.9 Å². The highest BCUT2D eigenvalue weighted by atomic mass is 16.5. The maximum absolute atomic E-state index is 6.21. The lowest BCUT2D eigenvalue weighted by atomic mass is 10.00. The highest BCUT2D eigenvalue weighted by molar-refractivity contribution is 6.05. The van der Waals surface area contributed by atoms with Crippen LogP contribution < -0.4 is 42.6 Å². The Morgan fingerprint density at radius 2 is 0.561 bits per heavy atom. The molecule has 0 amide bonds. The Bertz CT molecular complexity index is 4000. The number of fused-ring (bicyclic) bond motifs is 8. The lowest BCUT2D eigenvalue weighted by Gasteiger charge is -2.17. The molecule has 8 bridgehead atoms. The standard InChI is InChI=1S/C65H56N8O9/c1-74-39-31-52(77-4)63(53(32-39)78-5)59-44-25-23-42(66-44)58(62-50(72-70-37-17-12-10-13-18-37)21-16-22-51(62)73-71-38-19-14-11-15-20-38)43-24-26-45(67-43)60(64-54(79-6)33-40(75-2)34-55(64)80-7)47-28-30-49(69-47)61(48-29-27-46(59)68-48)65-56(81-8)35-41(76-3)36-57(65)82-9/h10-36,66,69H,1-9H3. The molecule has 9 aromatic rings. The summed E-state index contributed by atoms with van der Waals surface area (Å²) in [6.45, 7) is 0. The smallest absolute Gasteiger partial charge is 0.134 e. The van der Waals surface area contributed by atoms with E-state index in [0.717, 1.165) is 0 Å². The Morgan fingerprint density at radius 1 is 0.280 bits per heavy atom. The van der Waals surface area contributed by atoms with Crippen LogP contribution in [0.4, 0.5) is 22.7 Å². The van der Waals surface area contributed by atoms with Gasteiger partial charge < -0.3 is 52.6 Å². The average molecular weight is 1090 g/mol. The minimum absolute atomic E-state index is 0.465. The Labute approximate surface area is 472 Å². The molecule has 410 valence electrons. The minimum Gasteiger partial charge on any atom is -0.496 e. The van der Waals surface area contributed by atoms with Crippen LogP contribution in [-0.2, 0) is 0 Å². The van der Waals surface area contributed by atoms with Crippen LogP contribution >= 0.6 is 0 Å². The molecule has 11 rings (SSSR count). The summed E-state index contributed by atoms with van der Waals surface area (Å²) in [6, 6.07) is 43.6. The molecule has 2 N–H and O–H groups in total. The number of nitrogens with zero attached hydrogens (tertiary/aromatic N) is 6. The van der Waals surface area contributed by atoms with E-state index >= 15 is 0 Å². The van der Waals surface area contributed by atoms with E-state index in [1.165, 1.54) is 0 Å². The number of hydrogen-bond acceptors (Lipinski definition) is 15. The van der Waals surface area contributed by atoms with Crippen LogP contribution in [0.3, 0.4) is 0 Å². The van der Waals surface area contributed by atoms with E-state index in [9.17, 15) is 0 Å². The Kier molecular flexibility index (Phi) is 15.2. The van der Waals surface area contributed by atoms with Crippen molar-refractivity contribution in [3.63, 3.8) is 0 Å². The maximum Gasteiger partial charge on any atom is 0.134 e. The Balaban J connectivity index is 1.37. The molecule has 0 atom stereocenters. The van der Waals surface area contributed by atoms with Gasteiger partial charge in [-0.2, -0.15) is 10.2 Å². The number of aromatic nitrogens is 4. The molecule has 6 aromatic carbocycles. The van der Waals surface area contributed by atoms with Gasteiger partial charge in [0.15, 0.2) is 0 Å². The van der Waals surface area contributed by atoms with E-state index < -0.39 is 0 Å². The molecule has 82 heavy (non-hydrogen) atoms. The van der Waals surface area contributed by atoms with E-state index in [1.54, 1.807) is 64.0 Å². The van der Waals surface area contributed by atoms with Gasteiger partial charge in [-0.3, -0.25) is 0 Å². The van der Waals surface area contributed by atoms with Gasteiger partial charge in [0.05, 0.1) is 126 Å². The Hall–Kier alpha value is -10.7. The maximum atomic E-state index is 6.21. The number of azo groups is 2. The van der Waals surface area contributed by atoms with Crippen molar-refractivity contribution in [3.8, 4) is 96.3 Å². The van der Waals surface area contributed by atoms with E-state index in [4.69, 9.17) is 73.1 Å². The second-order valence-electron chi connectivity index (χ2n) is 18.5. The van der Waals surface area contributed by atoms with Crippen LogP contribution in [0, 0.1) is 0 Å². The first-order valence-electron chi connectivity index (χ1n) is 25.9. The zero-order valence-electron chi connectivity index (χ0n) is 46.4. The lowest BCUT2D eigenvalue weighted by molar-refractivity contribution is 0.377. The van der Waals surface area contributed by atoms with Gasteiger partial charge >= 0.3 is 0 Å². The molecule has 2 aliphatic heterocycles. The summed E-state index contributed by atoms with van der Waals surface area (Å²) in [4.78, 5) is 18.8. The van der Waals surface area contributed by atoms with Gasteiger partial charge in [0.1, 0.15) is 51.7 Å². The predicted octanol–water partition coefficient (Wildman–Crippen LogP) is 16.2. The number of H-pyrrole nitrogens is 2. The van der Waals surface area contributed by atoms with Gasteiger partial charge in [-0.1, -0.05) is 42.5 Å². The summed E-state index contributed by atoms with van der Waals surface area (Å²) in [5.74, 6) is 4.39. The van der Waals surface area contributed by atoms with Gasteiger partial charge in [-0.15, -0.1) is 10.2 Å². The first kappa shape index (κ1) is 53.3. The highest BCUT2D eigenvalue weighted by Crippen LogP contribution is 2.51. The topological polar surface area (TPSA) is 190 Å². The lowest BCUT2D eigenvalue weighted by Crippen LogP contribution is -1.98. The SMILES string of the molecule is COc1cc(OC)c(-c2c3nc(c(-c4c(OC)cc(OC)cc4OC)c4ccc([nH]4)c(-c4c(OC)cc(OC)cc4OC)c4nc(c(-c5c(N=Nc6ccccc6)cccc5N=Nc5ccccc5)c5ccc2[nH]5)C=C4)C=C3)c(OC)c1. The number of aromatic amines is 2. The van der Waals surface area contributed by atoms with Crippen LogP contribution in [0.5, 0.6) is 51.7 Å². The van der Waals surface area contributed by atoms with Gasteiger partial charge in [0.25, 0.3) is 0 Å². The van der Waals surface area contributed by atoms with Crippen molar-refractivity contribution >= 4 is 69.1 Å². The monoisotopic (exact) mass is 1090 g/mol. The van der Waals surface area contributed by atoms with E-state index in [2.05, 4.69) is 9.97 Å². The van der Waals surface area contributed by atoms with Gasteiger partial charge in [-0.25, -0.2) is 9.97 Å². The van der Waals surface area contributed by atoms with Crippen LogP contribution in [0.2, 0.25) is 0 Å². The first-order valence-corrected chi connectivity index (χ1v) is 25.9. The molecule has 0 fully saturated rings. The molecule has 0 radical (unpaired) electrons. The van der Waals surface area contributed by atoms with Gasteiger partial charge in [0.2, 0.25) is 0 Å². The number of ether oxygens (including phenoxy) is 9. The third-order valence-corrected chi connectivity index (χ3v) is 14.0. The number of rotatable bonds is 17. The number of methoxy groups -OCH3 is 9. The summed E-state index contributed by atoms with van der Waals surface area (Å²) in [6.07, 6.45) is 7.85. The summed E-state index contributed by atoms with van der Waals surface area (Å²) >= 11 is 0. The van der Waals surface area contributed by atoms with E-state index in [1.807, 2.05) is 164 Å². The third-order valence-electron chi connectivity index (χ3n) is 14.0. The second-order valence-corrected chi connectivity index (χ2v) is 18.5. The van der Waals surface area contributed by atoms with Crippen LogP contribution in [0.15, 0.2) is 160 Å². The Morgan fingerprint density at radius 3 is 0.829 bits per heavy atom. The van der Waals surface area contributed by atoms with Crippen LogP contribution in [0.1, 0.15) is 22.8 Å². The van der Waals surface area contributed by atoms with Crippen LogP contribution in [-0.4, -0.2) is 83.9 Å². The van der Waals surface area contributed by atoms with Crippen molar-refractivity contribution in [3.05, 3.63) is 162 Å². The number of benzene rings is 6. The highest BCUT2D eigenvalue weighted by Gasteiger charge is 2.28.